The second-order valence-corrected chi connectivity index (χ2v) is 8.40. The van der Waals surface area contributed by atoms with Gasteiger partial charge in [-0.25, -0.2) is 9.59 Å². The van der Waals surface area contributed by atoms with Crippen molar-refractivity contribution < 1.29 is 28.6 Å². The Bertz CT molecular complexity index is 1170. The van der Waals surface area contributed by atoms with Gasteiger partial charge in [-0.3, -0.25) is 4.79 Å². The SMILES string of the molecule is C[C@@H](CC(=O)N(C)Cc1ccc(C(=O)O)o1)NC(=O)OCC1c2ccccc2-c2ccccc21. The molecule has 1 aliphatic rings. The molecule has 1 aliphatic carbocycles. The van der Waals surface area contributed by atoms with Gasteiger partial charge in [-0.2, -0.15) is 0 Å². The Balaban J connectivity index is 1.28. The zero-order valence-electron chi connectivity index (χ0n) is 19.0. The van der Waals surface area contributed by atoms with Crippen LogP contribution in [0.2, 0.25) is 0 Å². The average Bonchev–Trinajstić information content (AvgIpc) is 3.40. The van der Waals surface area contributed by atoms with E-state index >= 15 is 0 Å². The minimum absolute atomic E-state index is 0.0368. The number of carboxylic acid groups (broad SMARTS) is 1. The Morgan fingerprint density at radius 1 is 1.03 bits per heavy atom. The molecule has 3 aromatic rings. The number of amides is 2. The monoisotopic (exact) mass is 462 g/mol. The fourth-order valence-corrected chi connectivity index (χ4v) is 4.21. The first-order valence-electron chi connectivity index (χ1n) is 11.0. The van der Waals surface area contributed by atoms with Crippen LogP contribution in [0.15, 0.2) is 65.1 Å². The number of carboxylic acids is 1. The van der Waals surface area contributed by atoms with Crippen molar-refractivity contribution >= 4 is 18.0 Å². The highest BCUT2D eigenvalue weighted by Crippen LogP contribution is 2.44. The van der Waals surface area contributed by atoms with Crippen molar-refractivity contribution in [3.63, 3.8) is 0 Å². The minimum Gasteiger partial charge on any atom is -0.475 e. The van der Waals surface area contributed by atoms with E-state index in [0.29, 0.717) is 5.76 Å². The van der Waals surface area contributed by atoms with E-state index < -0.39 is 18.1 Å². The molecule has 34 heavy (non-hydrogen) atoms. The highest BCUT2D eigenvalue weighted by molar-refractivity contribution is 5.84. The highest BCUT2D eigenvalue weighted by atomic mass is 16.5. The molecular formula is C26H26N2O6. The van der Waals surface area contributed by atoms with Crippen molar-refractivity contribution in [3.8, 4) is 11.1 Å². The van der Waals surface area contributed by atoms with E-state index in [-0.39, 0.29) is 37.2 Å². The number of aromatic carboxylic acids is 1. The van der Waals surface area contributed by atoms with Crippen LogP contribution in [0, 0.1) is 0 Å². The van der Waals surface area contributed by atoms with E-state index in [2.05, 4.69) is 29.6 Å². The normalized spacial score (nSPS) is 13.0. The summed E-state index contributed by atoms with van der Waals surface area (Å²) in [5.74, 6) is -1.24. The Labute approximate surface area is 197 Å². The Morgan fingerprint density at radius 3 is 2.24 bits per heavy atom. The van der Waals surface area contributed by atoms with Crippen LogP contribution in [0.1, 0.15) is 46.7 Å². The van der Waals surface area contributed by atoms with Crippen LogP contribution in [-0.2, 0) is 16.1 Å². The molecule has 1 atom stereocenters. The number of benzene rings is 2. The molecule has 2 aromatic carbocycles. The molecule has 0 aliphatic heterocycles. The molecule has 0 spiro atoms. The molecule has 176 valence electrons. The van der Waals surface area contributed by atoms with Crippen molar-refractivity contribution in [1.82, 2.24) is 10.2 Å². The summed E-state index contributed by atoms with van der Waals surface area (Å²) in [6.07, 6.45) is -0.519. The summed E-state index contributed by atoms with van der Waals surface area (Å²) in [4.78, 5) is 37.2. The standard InChI is InChI=1S/C26H26N2O6/c1-16(13-24(29)28(2)14-17-11-12-23(34-17)25(30)31)27-26(32)33-15-22-20-9-5-3-7-18(20)19-8-4-6-10-21(19)22/h3-12,16,22H,13-15H2,1-2H3,(H,27,32)(H,30,31)/t16-/m0/s1. The molecule has 0 radical (unpaired) electrons. The molecular weight excluding hydrogens is 436 g/mol. The maximum absolute atomic E-state index is 12.5. The topological polar surface area (TPSA) is 109 Å². The predicted molar refractivity (Wildman–Crippen MR) is 124 cm³/mol. The molecule has 2 amide bonds. The molecule has 1 aromatic heterocycles. The minimum atomic E-state index is -1.17. The van der Waals surface area contributed by atoms with Crippen molar-refractivity contribution in [3.05, 3.63) is 83.3 Å². The van der Waals surface area contributed by atoms with Crippen molar-refractivity contribution in [2.75, 3.05) is 13.7 Å². The van der Waals surface area contributed by atoms with E-state index in [4.69, 9.17) is 14.3 Å². The Hall–Kier alpha value is -4.07. The predicted octanol–water partition coefficient (Wildman–Crippen LogP) is 4.25. The number of nitrogens with zero attached hydrogens (tertiary/aromatic N) is 1. The van der Waals surface area contributed by atoms with Crippen molar-refractivity contribution in [2.24, 2.45) is 0 Å². The number of ether oxygens (including phenoxy) is 1. The van der Waals surface area contributed by atoms with Gasteiger partial charge in [0.05, 0.1) is 6.54 Å². The molecule has 0 unspecified atom stereocenters. The van der Waals surface area contributed by atoms with Gasteiger partial charge in [0, 0.05) is 25.4 Å². The fourth-order valence-electron chi connectivity index (χ4n) is 4.21. The lowest BCUT2D eigenvalue weighted by molar-refractivity contribution is -0.131. The van der Waals surface area contributed by atoms with Gasteiger partial charge in [0.25, 0.3) is 0 Å². The largest absolute Gasteiger partial charge is 0.475 e. The zero-order chi connectivity index (χ0) is 24.2. The van der Waals surface area contributed by atoms with Gasteiger partial charge in [0.1, 0.15) is 12.4 Å². The molecule has 2 N–H and O–H groups in total. The summed E-state index contributed by atoms with van der Waals surface area (Å²) < 4.78 is 10.7. The third-order valence-corrected chi connectivity index (χ3v) is 5.88. The number of furan rings is 1. The van der Waals surface area contributed by atoms with E-state index in [9.17, 15) is 14.4 Å². The number of alkyl carbamates (subject to hydrolysis) is 1. The molecule has 8 nitrogen and oxygen atoms in total. The number of carbonyl (C=O) groups is 3. The fraction of sp³-hybridized carbons (Fsp3) is 0.269. The summed E-state index contributed by atoms with van der Waals surface area (Å²) in [7, 11) is 1.59. The molecule has 0 fully saturated rings. The molecule has 0 bridgehead atoms. The number of carbonyl (C=O) groups excluding carboxylic acids is 2. The van der Waals surface area contributed by atoms with Crippen LogP contribution in [0.4, 0.5) is 4.79 Å². The maximum atomic E-state index is 12.5. The van der Waals surface area contributed by atoms with Gasteiger partial charge in [-0.05, 0) is 41.3 Å². The van der Waals surface area contributed by atoms with E-state index in [1.165, 1.54) is 17.0 Å². The van der Waals surface area contributed by atoms with Gasteiger partial charge < -0.3 is 24.5 Å². The van der Waals surface area contributed by atoms with E-state index in [0.717, 1.165) is 22.3 Å². The lowest BCUT2D eigenvalue weighted by atomic mass is 9.98. The lowest BCUT2D eigenvalue weighted by Crippen LogP contribution is -2.38. The average molecular weight is 463 g/mol. The Kier molecular flexibility index (Phi) is 6.67. The number of hydrogen-bond donors (Lipinski definition) is 2. The smallest absolute Gasteiger partial charge is 0.407 e. The second-order valence-electron chi connectivity index (χ2n) is 8.40. The van der Waals surface area contributed by atoms with Gasteiger partial charge in [-0.15, -0.1) is 0 Å². The van der Waals surface area contributed by atoms with Crippen LogP contribution < -0.4 is 5.32 Å². The van der Waals surface area contributed by atoms with E-state index in [1.54, 1.807) is 14.0 Å². The molecule has 1 heterocycles. The summed E-state index contributed by atoms with van der Waals surface area (Å²) >= 11 is 0. The Morgan fingerprint density at radius 2 is 1.65 bits per heavy atom. The number of fused-ring (bicyclic) bond motifs is 3. The number of hydrogen-bond acceptors (Lipinski definition) is 5. The molecule has 0 saturated heterocycles. The molecule has 0 saturated carbocycles. The quantitative estimate of drug-likeness (QED) is 0.518. The summed E-state index contributed by atoms with van der Waals surface area (Å²) in [5.41, 5.74) is 4.57. The maximum Gasteiger partial charge on any atom is 0.407 e. The first-order chi connectivity index (χ1) is 16.3. The molecule has 4 rings (SSSR count). The zero-order valence-corrected chi connectivity index (χ0v) is 19.0. The van der Waals surface area contributed by atoms with Crippen molar-refractivity contribution in [1.29, 1.82) is 0 Å². The first kappa shape index (κ1) is 23.1. The van der Waals surface area contributed by atoms with Crippen LogP contribution in [-0.4, -0.2) is 47.7 Å². The molecule has 8 heteroatoms. The van der Waals surface area contributed by atoms with Crippen LogP contribution in [0.3, 0.4) is 0 Å². The summed E-state index contributed by atoms with van der Waals surface area (Å²) in [6.45, 7) is 2.05. The first-order valence-corrected chi connectivity index (χ1v) is 11.0. The second kappa shape index (κ2) is 9.82. The van der Waals surface area contributed by atoms with E-state index in [1.807, 2.05) is 24.3 Å². The number of rotatable bonds is 8. The van der Waals surface area contributed by atoms with Crippen LogP contribution in [0.25, 0.3) is 11.1 Å². The third-order valence-electron chi connectivity index (χ3n) is 5.88. The van der Waals surface area contributed by atoms with Crippen molar-refractivity contribution in [2.45, 2.75) is 31.8 Å². The number of nitrogens with one attached hydrogen (secondary N) is 1. The van der Waals surface area contributed by atoms with Gasteiger partial charge in [0.15, 0.2) is 0 Å². The van der Waals surface area contributed by atoms with Gasteiger partial charge >= 0.3 is 12.1 Å². The van der Waals surface area contributed by atoms with Gasteiger partial charge in [-0.1, -0.05) is 48.5 Å². The lowest BCUT2D eigenvalue weighted by Gasteiger charge is -2.20. The van der Waals surface area contributed by atoms with Crippen LogP contribution >= 0.6 is 0 Å². The van der Waals surface area contributed by atoms with Crippen LogP contribution in [0.5, 0.6) is 0 Å². The third kappa shape index (κ3) is 4.96. The summed E-state index contributed by atoms with van der Waals surface area (Å²) in [6, 6.07) is 18.6. The summed E-state index contributed by atoms with van der Waals surface area (Å²) in [5, 5.41) is 11.6. The highest BCUT2D eigenvalue weighted by Gasteiger charge is 2.29. The van der Waals surface area contributed by atoms with Gasteiger partial charge in [0.2, 0.25) is 11.7 Å².